The molecule has 0 aliphatic heterocycles. The molecule has 0 spiro atoms. The summed E-state index contributed by atoms with van der Waals surface area (Å²) >= 11 is 0. The third-order valence-corrected chi connectivity index (χ3v) is 6.06. The first-order chi connectivity index (χ1) is 14.4. The molecule has 30 heavy (non-hydrogen) atoms. The van der Waals surface area contributed by atoms with Crippen LogP contribution in [0.1, 0.15) is 5.56 Å². The molecule has 4 aromatic carbocycles. The van der Waals surface area contributed by atoms with Gasteiger partial charge in [0, 0.05) is 5.39 Å². The lowest BCUT2D eigenvalue weighted by Gasteiger charge is -2.10. The number of hydrogen-bond donors (Lipinski definition) is 2. The Labute approximate surface area is 174 Å². The zero-order chi connectivity index (χ0) is 21.1. The molecule has 0 saturated heterocycles. The van der Waals surface area contributed by atoms with Gasteiger partial charge in [-0.2, -0.15) is 5.11 Å². The van der Waals surface area contributed by atoms with Gasteiger partial charge >= 0.3 is 0 Å². The number of sulfonamides is 1. The number of aryl methyl sites for hydroxylation is 1. The zero-order valence-corrected chi connectivity index (χ0v) is 17.0. The maximum atomic E-state index is 12.6. The molecule has 150 valence electrons. The van der Waals surface area contributed by atoms with Crippen molar-refractivity contribution < 1.29 is 13.5 Å². The van der Waals surface area contributed by atoms with Gasteiger partial charge in [-0.1, -0.05) is 48.5 Å². The monoisotopic (exact) mass is 417 g/mol. The van der Waals surface area contributed by atoms with Crippen molar-refractivity contribution in [3.63, 3.8) is 0 Å². The van der Waals surface area contributed by atoms with Crippen LogP contribution in [0.3, 0.4) is 0 Å². The van der Waals surface area contributed by atoms with E-state index in [2.05, 4.69) is 15.0 Å². The second-order valence-corrected chi connectivity index (χ2v) is 8.45. The number of aromatic hydroxyl groups is 1. The van der Waals surface area contributed by atoms with Crippen molar-refractivity contribution in [2.75, 3.05) is 4.72 Å². The molecule has 4 aromatic rings. The first kappa shape index (κ1) is 19.6. The Bertz CT molecular complexity index is 1350. The number of phenols is 1. The van der Waals surface area contributed by atoms with Crippen molar-refractivity contribution in [2.24, 2.45) is 10.2 Å². The van der Waals surface area contributed by atoms with Crippen LogP contribution in [0.25, 0.3) is 10.8 Å². The molecule has 0 fully saturated rings. The zero-order valence-electron chi connectivity index (χ0n) is 16.1. The summed E-state index contributed by atoms with van der Waals surface area (Å²) in [5, 5.41) is 20.2. The molecule has 0 saturated carbocycles. The minimum atomic E-state index is -3.72. The molecule has 2 N–H and O–H groups in total. The van der Waals surface area contributed by atoms with E-state index in [0.29, 0.717) is 17.1 Å². The average molecular weight is 417 g/mol. The molecule has 0 aliphatic rings. The van der Waals surface area contributed by atoms with Gasteiger partial charge in [0.1, 0.15) is 11.4 Å². The number of rotatable bonds is 5. The van der Waals surface area contributed by atoms with Gasteiger partial charge in [-0.3, -0.25) is 4.72 Å². The number of para-hydroxylation sites is 1. The minimum Gasteiger partial charge on any atom is -0.506 e. The summed E-state index contributed by atoms with van der Waals surface area (Å²) in [6.45, 7) is 1.84. The van der Waals surface area contributed by atoms with Gasteiger partial charge in [0.15, 0.2) is 0 Å². The first-order valence-corrected chi connectivity index (χ1v) is 10.7. The third-order valence-electron chi connectivity index (χ3n) is 4.68. The fraction of sp³-hybridized carbons (Fsp3) is 0.0435. The summed E-state index contributed by atoms with van der Waals surface area (Å²) in [4.78, 5) is 0.123. The highest BCUT2D eigenvalue weighted by Gasteiger charge is 2.15. The third kappa shape index (κ3) is 4.01. The van der Waals surface area contributed by atoms with E-state index in [1.807, 2.05) is 49.4 Å². The van der Waals surface area contributed by atoms with Crippen molar-refractivity contribution in [3.05, 3.63) is 90.5 Å². The van der Waals surface area contributed by atoms with Gasteiger partial charge in [-0.15, -0.1) is 5.11 Å². The Kier molecular flexibility index (Phi) is 5.20. The van der Waals surface area contributed by atoms with E-state index in [9.17, 15) is 13.5 Å². The van der Waals surface area contributed by atoms with E-state index in [0.717, 1.165) is 16.3 Å². The predicted octanol–water partition coefficient (Wildman–Crippen LogP) is 6.07. The molecular formula is C23H19N3O3S. The number of benzene rings is 4. The fourth-order valence-corrected chi connectivity index (χ4v) is 4.17. The minimum absolute atomic E-state index is 0.0269. The molecule has 7 heteroatoms. The number of fused-ring (bicyclic) bond motifs is 1. The van der Waals surface area contributed by atoms with Crippen molar-refractivity contribution in [3.8, 4) is 5.75 Å². The number of nitrogens with one attached hydrogen (secondary N) is 1. The van der Waals surface area contributed by atoms with Crippen LogP contribution in [0.2, 0.25) is 0 Å². The quantitative estimate of drug-likeness (QED) is 0.386. The Morgan fingerprint density at radius 1 is 0.800 bits per heavy atom. The molecule has 0 atom stereocenters. The first-order valence-electron chi connectivity index (χ1n) is 9.25. The van der Waals surface area contributed by atoms with E-state index in [-0.39, 0.29) is 10.6 Å². The van der Waals surface area contributed by atoms with Crippen LogP contribution in [0.15, 0.2) is 100 Å². The van der Waals surface area contributed by atoms with Crippen LogP contribution in [0.4, 0.5) is 17.1 Å². The normalized spacial score (nSPS) is 11.8. The van der Waals surface area contributed by atoms with Crippen molar-refractivity contribution in [1.29, 1.82) is 0 Å². The highest BCUT2D eigenvalue weighted by molar-refractivity contribution is 7.92. The van der Waals surface area contributed by atoms with Crippen LogP contribution >= 0.6 is 0 Å². The number of azo groups is 1. The van der Waals surface area contributed by atoms with Crippen molar-refractivity contribution in [2.45, 2.75) is 11.8 Å². The second-order valence-electron chi connectivity index (χ2n) is 6.77. The molecule has 6 nitrogen and oxygen atoms in total. The highest BCUT2D eigenvalue weighted by Crippen LogP contribution is 2.36. The molecule has 0 unspecified atom stereocenters. The Hall–Kier alpha value is -3.71. The van der Waals surface area contributed by atoms with Crippen LogP contribution < -0.4 is 4.72 Å². The molecule has 0 amide bonds. The number of phenolic OH excluding ortho intramolecular Hbond substituents is 1. The van der Waals surface area contributed by atoms with E-state index < -0.39 is 10.0 Å². The smallest absolute Gasteiger partial charge is 0.261 e. The van der Waals surface area contributed by atoms with E-state index in [1.54, 1.807) is 30.3 Å². The van der Waals surface area contributed by atoms with Crippen LogP contribution in [0, 0.1) is 6.92 Å². The van der Waals surface area contributed by atoms with Gasteiger partial charge in [0.05, 0.1) is 16.3 Å². The van der Waals surface area contributed by atoms with Crippen LogP contribution in [-0.2, 0) is 10.0 Å². The van der Waals surface area contributed by atoms with Crippen LogP contribution in [-0.4, -0.2) is 13.5 Å². The average Bonchev–Trinajstić information content (AvgIpc) is 2.75. The van der Waals surface area contributed by atoms with Gasteiger partial charge < -0.3 is 5.11 Å². The topological polar surface area (TPSA) is 91.1 Å². The lowest BCUT2D eigenvalue weighted by molar-refractivity contribution is 0.477. The van der Waals surface area contributed by atoms with Gasteiger partial charge in [-0.05, 0) is 54.3 Å². The maximum absolute atomic E-state index is 12.6. The maximum Gasteiger partial charge on any atom is 0.261 e. The molecule has 0 heterocycles. The SMILES string of the molecule is Cc1ccccc1NS(=O)(=O)c1ccc(N=Nc2c(O)ccc3ccccc23)cc1. The number of anilines is 1. The van der Waals surface area contributed by atoms with Gasteiger partial charge in [0.25, 0.3) is 10.0 Å². The molecular weight excluding hydrogens is 398 g/mol. The Balaban J connectivity index is 1.59. The lowest BCUT2D eigenvalue weighted by Crippen LogP contribution is -2.13. The number of nitrogens with zero attached hydrogens (tertiary/aromatic N) is 2. The Morgan fingerprint density at radius 2 is 1.50 bits per heavy atom. The largest absolute Gasteiger partial charge is 0.506 e. The van der Waals surface area contributed by atoms with E-state index in [4.69, 9.17) is 0 Å². The van der Waals surface area contributed by atoms with Crippen LogP contribution in [0.5, 0.6) is 5.75 Å². The molecule has 0 aromatic heterocycles. The Morgan fingerprint density at radius 3 is 2.27 bits per heavy atom. The molecule has 0 aliphatic carbocycles. The van der Waals surface area contributed by atoms with E-state index >= 15 is 0 Å². The predicted molar refractivity (Wildman–Crippen MR) is 118 cm³/mol. The summed E-state index contributed by atoms with van der Waals surface area (Å²) in [7, 11) is -3.72. The fourth-order valence-electron chi connectivity index (χ4n) is 3.04. The highest BCUT2D eigenvalue weighted by atomic mass is 32.2. The summed E-state index contributed by atoms with van der Waals surface area (Å²) in [6.07, 6.45) is 0. The summed E-state index contributed by atoms with van der Waals surface area (Å²) in [5.74, 6) is 0.0269. The van der Waals surface area contributed by atoms with Gasteiger partial charge in [0.2, 0.25) is 0 Å². The van der Waals surface area contributed by atoms with E-state index in [1.165, 1.54) is 12.1 Å². The standard InChI is InChI=1S/C23H19N3O3S/c1-16-6-2-5-9-21(16)26-30(28,29)19-13-11-18(12-14-19)24-25-23-20-8-4-3-7-17(20)10-15-22(23)27/h2-15,26-27H,1H3. The summed E-state index contributed by atoms with van der Waals surface area (Å²) in [6, 6.07) is 24.2. The van der Waals surface area contributed by atoms with Crippen molar-refractivity contribution >= 4 is 37.9 Å². The molecule has 0 bridgehead atoms. The molecule has 0 radical (unpaired) electrons. The van der Waals surface area contributed by atoms with Gasteiger partial charge in [-0.25, -0.2) is 8.42 Å². The lowest BCUT2D eigenvalue weighted by atomic mass is 10.1. The summed E-state index contributed by atoms with van der Waals surface area (Å²) < 4.78 is 27.9. The second kappa shape index (κ2) is 7.96. The van der Waals surface area contributed by atoms with Crippen molar-refractivity contribution in [1.82, 2.24) is 0 Å². The number of hydrogen-bond acceptors (Lipinski definition) is 5. The molecule has 4 rings (SSSR count). The summed E-state index contributed by atoms with van der Waals surface area (Å²) in [5.41, 5.74) is 2.21.